The minimum Gasteiger partial charge on any atom is -0.324 e. The lowest BCUT2D eigenvalue weighted by Gasteiger charge is -2.28. The summed E-state index contributed by atoms with van der Waals surface area (Å²) in [4.78, 5) is 0. The molecule has 0 unspecified atom stereocenters. The van der Waals surface area contributed by atoms with Crippen molar-refractivity contribution >= 4 is 10.0 Å². The van der Waals surface area contributed by atoms with Crippen LogP contribution in [-0.2, 0) is 10.0 Å². The smallest absolute Gasteiger partial charge is 0.214 e. The first-order valence-corrected chi connectivity index (χ1v) is 7.84. The molecule has 2 aliphatic rings. The van der Waals surface area contributed by atoms with Crippen LogP contribution in [0.1, 0.15) is 51.4 Å². The molecule has 0 amide bonds. The van der Waals surface area contributed by atoms with Crippen molar-refractivity contribution in [1.82, 2.24) is 4.72 Å². The van der Waals surface area contributed by atoms with Crippen LogP contribution in [0.3, 0.4) is 0 Å². The van der Waals surface area contributed by atoms with Gasteiger partial charge in [0, 0.05) is 12.1 Å². The number of rotatable bonds is 4. The normalized spacial score (nSPS) is 26.3. The molecule has 0 aromatic carbocycles. The molecule has 16 heavy (non-hydrogen) atoms. The zero-order chi connectivity index (χ0) is 11.6. The molecule has 0 radical (unpaired) electrons. The highest BCUT2D eigenvalue weighted by atomic mass is 32.2. The molecular weight excluding hydrogens is 224 g/mol. The lowest BCUT2D eigenvalue weighted by atomic mass is 9.92. The molecule has 94 valence electrons. The van der Waals surface area contributed by atoms with Gasteiger partial charge in [0.25, 0.3) is 0 Å². The van der Waals surface area contributed by atoms with Gasteiger partial charge < -0.3 is 5.73 Å². The molecular formula is C11H22N2O2S. The van der Waals surface area contributed by atoms with Gasteiger partial charge in [0.1, 0.15) is 0 Å². The summed E-state index contributed by atoms with van der Waals surface area (Å²) in [5.74, 6) is 0. The average Bonchev–Trinajstić information content (AvgIpc) is 3.02. The van der Waals surface area contributed by atoms with E-state index in [0.717, 1.165) is 38.5 Å². The molecule has 0 aliphatic heterocycles. The Morgan fingerprint density at radius 2 is 1.69 bits per heavy atom. The SMILES string of the molecule is NC1(CNS(=O)(=O)C2CC2)CCCCCC1. The second-order valence-corrected chi connectivity index (χ2v) is 7.39. The van der Waals surface area contributed by atoms with E-state index in [1.54, 1.807) is 0 Å². The van der Waals surface area contributed by atoms with Gasteiger partial charge in [-0.1, -0.05) is 25.7 Å². The van der Waals surface area contributed by atoms with Gasteiger partial charge in [-0.25, -0.2) is 13.1 Å². The van der Waals surface area contributed by atoms with Crippen LogP contribution < -0.4 is 10.5 Å². The topological polar surface area (TPSA) is 72.2 Å². The largest absolute Gasteiger partial charge is 0.324 e. The van der Waals surface area contributed by atoms with E-state index in [4.69, 9.17) is 5.73 Å². The van der Waals surface area contributed by atoms with Crippen molar-refractivity contribution in [2.24, 2.45) is 5.73 Å². The zero-order valence-electron chi connectivity index (χ0n) is 9.74. The second kappa shape index (κ2) is 4.63. The first-order chi connectivity index (χ1) is 7.52. The number of nitrogens with two attached hydrogens (primary N) is 1. The zero-order valence-corrected chi connectivity index (χ0v) is 10.6. The van der Waals surface area contributed by atoms with Crippen LogP contribution in [0.5, 0.6) is 0 Å². The van der Waals surface area contributed by atoms with Crippen molar-refractivity contribution in [3.05, 3.63) is 0 Å². The maximum atomic E-state index is 11.7. The summed E-state index contributed by atoms with van der Waals surface area (Å²) in [6, 6.07) is 0. The quantitative estimate of drug-likeness (QED) is 0.730. The van der Waals surface area contributed by atoms with Crippen LogP contribution in [0.15, 0.2) is 0 Å². The Morgan fingerprint density at radius 1 is 1.12 bits per heavy atom. The molecule has 4 nitrogen and oxygen atoms in total. The summed E-state index contributed by atoms with van der Waals surface area (Å²) in [5, 5.41) is -0.137. The number of hydrogen-bond acceptors (Lipinski definition) is 3. The molecule has 5 heteroatoms. The fourth-order valence-corrected chi connectivity index (χ4v) is 3.83. The molecule has 3 N–H and O–H groups in total. The fraction of sp³-hybridized carbons (Fsp3) is 1.00. The van der Waals surface area contributed by atoms with Gasteiger partial charge >= 0.3 is 0 Å². The summed E-state index contributed by atoms with van der Waals surface area (Å²) in [6.07, 6.45) is 8.23. The third-order valence-corrected chi connectivity index (χ3v) is 5.58. The third-order valence-electron chi connectivity index (χ3n) is 3.69. The Hall–Kier alpha value is -0.130. The first kappa shape index (κ1) is 12.3. The summed E-state index contributed by atoms with van der Waals surface area (Å²) in [7, 11) is -3.07. The van der Waals surface area contributed by atoms with Crippen molar-refractivity contribution in [1.29, 1.82) is 0 Å². The van der Waals surface area contributed by atoms with Crippen molar-refractivity contribution in [2.45, 2.75) is 62.2 Å². The molecule has 0 atom stereocenters. The Kier molecular flexibility index (Phi) is 3.56. The van der Waals surface area contributed by atoms with Crippen LogP contribution in [0, 0.1) is 0 Å². The van der Waals surface area contributed by atoms with Crippen molar-refractivity contribution in [3.63, 3.8) is 0 Å². The number of hydrogen-bond donors (Lipinski definition) is 2. The van der Waals surface area contributed by atoms with Crippen molar-refractivity contribution in [3.8, 4) is 0 Å². The van der Waals surface area contributed by atoms with Gasteiger partial charge in [-0.15, -0.1) is 0 Å². The van der Waals surface area contributed by atoms with E-state index >= 15 is 0 Å². The van der Waals surface area contributed by atoms with E-state index in [-0.39, 0.29) is 10.8 Å². The molecule has 0 aromatic rings. The highest BCUT2D eigenvalue weighted by Crippen LogP contribution is 2.29. The molecule has 2 rings (SSSR count). The minimum atomic E-state index is -3.07. The van der Waals surface area contributed by atoms with E-state index < -0.39 is 10.0 Å². The van der Waals surface area contributed by atoms with Crippen LogP contribution in [0.2, 0.25) is 0 Å². The molecule has 2 fully saturated rings. The van der Waals surface area contributed by atoms with Crippen LogP contribution in [0.25, 0.3) is 0 Å². The maximum absolute atomic E-state index is 11.7. The summed E-state index contributed by atoms with van der Waals surface area (Å²) >= 11 is 0. The van der Waals surface area contributed by atoms with Crippen LogP contribution in [0.4, 0.5) is 0 Å². The summed E-state index contributed by atoms with van der Waals surface area (Å²) in [6.45, 7) is 0.422. The first-order valence-electron chi connectivity index (χ1n) is 6.29. The maximum Gasteiger partial charge on any atom is 0.214 e. The summed E-state index contributed by atoms with van der Waals surface area (Å²) < 4.78 is 26.1. The Labute approximate surface area is 98.0 Å². The van der Waals surface area contributed by atoms with E-state index in [1.807, 2.05) is 0 Å². The van der Waals surface area contributed by atoms with Gasteiger partial charge in [-0.05, 0) is 25.7 Å². The Balaban J connectivity index is 1.87. The molecule has 0 saturated heterocycles. The number of nitrogens with one attached hydrogen (secondary N) is 1. The van der Waals surface area contributed by atoms with Gasteiger partial charge in [0.15, 0.2) is 0 Å². The third kappa shape index (κ3) is 3.18. The van der Waals surface area contributed by atoms with Gasteiger partial charge in [-0.2, -0.15) is 0 Å². The average molecular weight is 246 g/mol. The van der Waals surface area contributed by atoms with Crippen LogP contribution in [-0.4, -0.2) is 25.8 Å². The van der Waals surface area contributed by atoms with E-state index in [2.05, 4.69) is 4.72 Å². The van der Waals surface area contributed by atoms with Gasteiger partial charge in [0.2, 0.25) is 10.0 Å². The van der Waals surface area contributed by atoms with E-state index in [0.29, 0.717) is 6.54 Å². The Morgan fingerprint density at radius 3 is 2.19 bits per heavy atom. The van der Waals surface area contributed by atoms with E-state index in [9.17, 15) is 8.42 Å². The molecule has 0 spiro atoms. The fourth-order valence-electron chi connectivity index (χ4n) is 2.35. The lowest BCUT2D eigenvalue weighted by molar-refractivity contribution is 0.369. The van der Waals surface area contributed by atoms with Crippen molar-refractivity contribution < 1.29 is 8.42 Å². The second-order valence-electron chi connectivity index (χ2n) is 5.34. The highest BCUT2D eigenvalue weighted by Gasteiger charge is 2.37. The van der Waals surface area contributed by atoms with Gasteiger partial charge in [0.05, 0.1) is 5.25 Å². The standard InChI is InChI=1S/C11H22N2O2S/c12-11(7-3-1-2-4-8-11)9-13-16(14,15)10-5-6-10/h10,13H,1-9,12H2. The molecule has 0 aromatic heterocycles. The predicted molar refractivity (Wildman–Crippen MR) is 64.6 cm³/mol. The molecule has 2 saturated carbocycles. The monoisotopic (exact) mass is 246 g/mol. The summed E-state index contributed by atoms with van der Waals surface area (Å²) in [5.41, 5.74) is 5.95. The highest BCUT2D eigenvalue weighted by molar-refractivity contribution is 7.90. The minimum absolute atomic E-state index is 0.137. The molecule has 0 heterocycles. The van der Waals surface area contributed by atoms with Gasteiger partial charge in [-0.3, -0.25) is 0 Å². The predicted octanol–water partition coefficient (Wildman–Crippen LogP) is 1.12. The van der Waals surface area contributed by atoms with Crippen LogP contribution >= 0.6 is 0 Å². The molecule has 0 bridgehead atoms. The van der Waals surface area contributed by atoms with E-state index in [1.165, 1.54) is 12.8 Å². The molecule has 2 aliphatic carbocycles. The Bertz CT molecular complexity index is 328. The van der Waals surface area contributed by atoms with Crippen molar-refractivity contribution in [2.75, 3.05) is 6.54 Å². The lowest BCUT2D eigenvalue weighted by Crippen LogP contribution is -2.50. The number of sulfonamides is 1.